The number of para-hydroxylation sites is 1. The first-order valence-electron chi connectivity index (χ1n) is 7.73. The summed E-state index contributed by atoms with van der Waals surface area (Å²) in [4.78, 5) is 16.5. The van der Waals surface area contributed by atoms with Crippen molar-refractivity contribution in [3.63, 3.8) is 0 Å². The first-order chi connectivity index (χ1) is 11.8. The molecule has 0 atom stereocenters. The van der Waals surface area contributed by atoms with E-state index < -0.39 is 0 Å². The fraction of sp³-hybridized carbons (Fsp3) is 0.167. The number of anilines is 1. The van der Waals surface area contributed by atoms with Crippen molar-refractivity contribution in [1.29, 1.82) is 0 Å². The molecule has 2 heterocycles. The fourth-order valence-electron chi connectivity index (χ4n) is 2.34. The summed E-state index contributed by atoms with van der Waals surface area (Å²) in [6, 6.07) is 13.0. The van der Waals surface area contributed by atoms with E-state index in [1.807, 2.05) is 31.2 Å². The Morgan fingerprint density at radius 1 is 1.17 bits per heavy atom. The number of rotatable bonds is 6. The van der Waals surface area contributed by atoms with Gasteiger partial charge in [-0.05, 0) is 36.2 Å². The number of carbonyl (C=O) groups is 1. The van der Waals surface area contributed by atoms with Crippen LogP contribution in [0.4, 0.5) is 5.69 Å². The summed E-state index contributed by atoms with van der Waals surface area (Å²) in [5.41, 5.74) is 1.66. The van der Waals surface area contributed by atoms with Gasteiger partial charge in [0.25, 0.3) is 5.91 Å². The van der Waals surface area contributed by atoms with Gasteiger partial charge in [-0.25, -0.2) is 9.67 Å². The number of carbonyl (C=O) groups excluding carboxylic acids is 1. The highest BCUT2D eigenvalue weighted by atomic mass is 16.5. The Balaban J connectivity index is 1.68. The van der Waals surface area contributed by atoms with Gasteiger partial charge in [-0.1, -0.05) is 25.1 Å². The maximum absolute atomic E-state index is 12.2. The predicted octanol–water partition coefficient (Wildman–Crippen LogP) is 2.85. The molecule has 0 bridgehead atoms. The molecule has 1 amide bonds. The normalized spacial score (nSPS) is 10.4. The lowest BCUT2D eigenvalue weighted by atomic mass is 10.1. The van der Waals surface area contributed by atoms with Gasteiger partial charge in [0.2, 0.25) is 0 Å². The zero-order valence-electron chi connectivity index (χ0n) is 13.3. The maximum atomic E-state index is 12.2. The Labute approximate surface area is 140 Å². The molecule has 0 unspecified atom stereocenters. The number of pyridine rings is 1. The molecule has 3 rings (SSSR count). The zero-order chi connectivity index (χ0) is 16.8. The van der Waals surface area contributed by atoms with E-state index in [0.29, 0.717) is 11.5 Å². The first-order valence-corrected chi connectivity index (χ1v) is 7.73. The molecule has 0 aliphatic carbocycles. The van der Waals surface area contributed by atoms with Gasteiger partial charge in [-0.15, -0.1) is 0 Å². The molecule has 0 fully saturated rings. The van der Waals surface area contributed by atoms with Crippen LogP contribution >= 0.6 is 0 Å². The lowest BCUT2D eigenvalue weighted by molar-refractivity contribution is -0.118. The predicted molar refractivity (Wildman–Crippen MR) is 91.3 cm³/mol. The molecule has 6 heteroatoms. The van der Waals surface area contributed by atoms with Crippen LogP contribution in [0.25, 0.3) is 5.82 Å². The summed E-state index contributed by atoms with van der Waals surface area (Å²) < 4.78 is 7.24. The summed E-state index contributed by atoms with van der Waals surface area (Å²) in [5, 5.41) is 6.96. The van der Waals surface area contributed by atoms with E-state index in [-0.39, 0.29) is 12.5 Å². The van der Waals surface area contributed by atoms with Gasteiger partial charge in [0.15, 0.2) is 12.4 Å². The molecular weight excluding hydrogens is 304 g/mol. The largest absolute Gasteiger partial charge is 0.483 e. The number of hydrogen-bond acceptors (Lipinski definition) is 4. The van der Waals surface area contributed by atoms with Crippen molar-refractivity contribution in [3.8, 4) is 11.6 Å². The van der Waals surface area contributed by atoms with Gasteiger partial charge in [-0.3, -0.25) is 4.79 Å². The Morgan fingerprint density at radius 3 is 2.83 bits per heavy atom. The molecule has 0 saturated carbocycles. The lowest BCUT2D eigenvalue weighted by Gasteiger charge is -2.12. The number of ether oxygens (including phenoxy) is 1. The van der Waals surface area contributed by atoms with E-state index in [9.17, 15) is 4.79 Å². The molecule has 6 nitrogen and oxygen atoms in total. The van der Waals surface area contributed by atoms with Gasteiger partial charge in [0.1, 0.15) is 5.75 Å². The quantitative estimate of drug-likeness (QED) is 0.757. The SMILES string of the molecule is CCc1ccccc1OCC(=O)Nc1cccnc1-n1cccn1. The van der Waals surface area contributed by atoms with Crippen LogP contribution in [0.5, 0.6) is 5.75 Å². The number of amides is 1. The average molecular weight is 322 g/mol. The summed E-state index contributed by atoms with van der Waals surface area (Å²) in [5.74, 6) is 1.04. The second kappa shape index (κ2) is 7.41. The van der Waals surface area contributed by atoms with Crippen molar-refractivity contribution < 1.29 is 9.53 Å². The lowest BCUT2D eigenvalue weighted by Crippen LogP contribution is -2.21. The van der Waals surface area contributed by atoms with Crippen LogP contribution in [0.1, 0.15) is 12.5 Å². The Kier molecular flexibility index (Phi) is 4.86. The minimum atomic E-state index is -0.248. The third-order valence-corrected chi connectivity index (χ3v) is 3.49. The smallest absolute Gasteiger partial charge is 0.262 e. The topological polar surface area (TPSA) is 69.0 Å². The third kappa shape index (κ3) is 3.60. The van der Waals surface area contributed by atoms with Crippen LogP contribution in [-0.4, -0.2) is 27.3 Å². The monoisotopic (exact) mass is 322 g/mol. The molecule has 0 aliphatic rings. The number of aromatic nitrogens is 3. The molecule has 0 aliphatic heterocycles. The number of nitrogens with zero attached hydrogens (tertiary/aromatic N) is 3. The standard InChI is InChI=1S/C18H18N4O2/c1-2-14-7-3-4-9-16(14)24-13-17(23)21-15-8-5-10-19-18(15)22-12-6-11-20-22/h3-12H,2,13H2,1H3,(H,21,23). The highest BCUT2D eigenvalue weighted by Crippen LogP contribution is 2.19. The van der Waals surface area contributed by atoms with Crippen LogP contribution in [0.2, 0.25) is 0 Å². The first kappa shape index (κ1) is 15.7. The van der Waals surface area contributed by atoms with Crippen molar-refractivity contribution in [2.24, 2.45) is 0 Å². The second-order valence-corrected chi connectivity index (χ2v) is 5.12. The van der Waals surface area contributed by atoms with Gasteiger partial charge in [-0.2, -0.15) is 5.10 Å². The van der Waals surface area contributed by atoms with E-state index in [1.165, 1.54) is 0 Å². The molecule has 1 N–H and O–H groups in total. The number of hydrogen-bond donors (Lipinski definition) is 1. The molecule has 2 aromatic heterocycles. The van der Waals surface area contributed by atoms with E-state index in [4.69, 9.17) is 4.74 Å². The Morgan fingerprint density at radius 2 is 2.04 bits per heavy atom. The van der Waals surface area contributed by atoms with Gasteiger partial charge < -0.3 is 10.1 Å². The van der Waals surface area contributed by atoms with E-state index in [0.717, 1.165) is 17.7 Å². The number of benzene rings is 1. The minimum absolute atomic E-state index is 0.0650. The van der Waals surface area contributed by atoms with E-state index in [2.05, 4.69) is 15.4 Å². The van der Waals surface area contributed by atoms with Crippen LogP contribution in [0.15, 0.2) is 61.1 Å². The molecule has 122 valence electrons. The number of aryl methyl sites for hydroxylation is 1. The molecule has 3 aromatic rings. The molecule has 0 spiro atoms. The summed E-state index contributed by atoms with van der Waals surface area (Å²) >= 11 is 0. The van der Waals surface area contributed by atoms with Crippen molar-refractivity contribution in [3.05, 3.63) is 66.6 Å². The number of nitrogens with one attached hydrogen (secondary N) is 1. The van der Waals surface area contributed by atoms with E-state index in [1.54, 1.807) is 41.5 Å². The van der Waals surface area contributed by atoms with Gasteiger partial charge in [0.05, 0.1) is 5.69 Å². The molecule has 24 heavy (non-hydrogen) atoms. The fourth-order valence-corrected chi connectivity index (χ4v) is 2.34. The van der Waals surface area contributed by atoms with Crippen LogP contribution in [-0.2, 0) is 11.2 Å². The minimum Gasteiger partial charge on any atom is -0.483 e. The van der Waals surface area contributed by atoms with Crippen molar-refractivity contribution >= 4 is 11.6 Å². The highest BCUT2D eigenvalue weighted by molar-refractivity contribution is 5.93. The average Bonchev–Trinajstić information content (AvgIpc) is 3.15. The zero-order valence-corrected chi connectivity index (χ0v) is 13.3. The van der Waals surface area contributed by atoms with Crippen LogP contribution in [0, 0.1) is 0 Å². The Hall–Kier alpha value is -3.15. The summed E-state index contributed by atoms with van der Waals surface area (Å²) in [6.07, 6.45) is 5.93. The van der Waals surface area contributed by atoms with Gasteiger partial charge >= 0.3 is 0 Å². The van der Waals surface area contributed by atoms with Crippen molar-refractivity contribution in [2.45, 2.75) is 13.3 Å². The molecule has 1 aromatic carbocycles. The van der Waals surface area contributed by atoms with Crippen molar-refractivity contribution in [2.75, 3.05) is 11.9 Å². The molecule has 0 saturated heterocycles. The molecule has 0 radical (unpaired) electrons. The Bertz CT molecular complexity index is 815. The maximum Gasteiger partial charge on any atom is 0.262 e. The van der Waals surface area contributed by atoms with Crippen molar-refractivity contribution in [1.82, 2.24) is 14.8 Å². The van der Waals surface area contributed by atoms with Crippen LogP contribution < -0.4 is 10.1 Å². The van der Waals surface area contributed by atoms with E-state index >= 15 is 0 Å². The van der Waals surface area contributed by atoms with Gasteiger partial charge in [0, 0.05) is 18.6 Å². The highest BCUT2D eigenvalue weighted by Gasteiger charge is 2.11. The summed E-state index contributed by atoms with van der Waals surface area (Å²) in [7, 11) is 0. The third-order valence-electron chi connectivity index (χ3n) is 3.49. The van der Waals surface area contributed by atoms with Crippen LogP contribution in [0.3, 0.4) is 0 Å². The second-order valence-electron chi connectivity index (χ2n) is 5.12. The molecular formula is C18H18N4O2. The summed E-state index contributed by atoms with van der Waals surface area (Å²) in [6.45, 7) is 1.98.